The van der Waals surface area contributed by atoms with Crippen molar-refractivity contribution in [1.29, 1.82) is 0 Å². The molecule has 1 aromatic heterocycles. The lowest BCUT2D eigenvalue weighted by Crippen LogP contribution is -2.44. The van der Waals surface area contributed by atoms with Gasteiger partial charge in [0.25, 0.3) is 5.91 Å². The van der Waals surface area contributed by atoms with Gasteiger partial charge in [-0.25, -0.2) is 4.98 Å². The molecular formula is C21H25ClN4O3. The van der Waals surface area contributed by atoms with Crippen LogP contribution >= 0.6 is 11.6 Å². The SMILES string of the molecule is CN1CCN(c2ccc(CNC(=O)c3cc(Cl)c4c(c3)OCCCO4)cn2)CC1. The van der Waals surface area contributed by atoms with E-state index in [0.29, 0.717) is 41.8 Å². The number of aromatic nitrogens is 1. The maximum Gasteiger partial charge on any atom is 0.251 e. The molecule has 1 aromatic carbocycles. The normalized spacial score (nSPS) is 17.0. The third kappa shape index (κ3) is 4.74. The van der Waals surface area contributed by atoms with Crippen LogP contribution in [0.1, 0.15) is 22.3 Å². The van der Waals surface area contributed by atoms with E-state index in [-0.39, 0.29) is 5.91 Å². The van der Waals surface area contributed by atoms with Gasteiger partial charge in [-0.3, -0.25) is 4.79 Å². The molecule has 0 unspecified atom stereocenters. The Labute approximate surface area is 175 Å². The highest BCUT2D eigenvalue weighted by Crippen LogP contribution is 2.37. The third-order valence-electron chi connectivity index (χ3n) is 5.15. The van der Waals surface area contributed by atoms with Crippen LogP contribution in [0.3, 0.4) is 0 Å². The van der Waals surface area contributed by atoms with Gasteiger partial charge in [0, 0.05) is 50.9 Å². The average molecular weight is 417 g/mol. The minimum absolute atomic E-state index is 0.217. The van der Waals surface area contributed by atoms with Gasteiger partial charge < -0.3 is 24.6 Å². The van der Waals surface area contributed by atoms with Crippen molar-refractivity contribution in [2.24, 2.45) is 0 Å². The maximum absolute atomic E-state index is 12.6. The molecule has 2 aliphatic heterocycles. The zero-order chi connectivity index (χ0) is 20.2. The smallest absolute Gasteiger partial charge is 0.251 e. The Morgan fingerprint density at radius 1 is 1.17 bits per heavy atom. The Balaban J connectivity index is 1.37. The molecule has 0 bridgehead atoms. The van der Waals surface area contributed by atoms with Crippen molar-refractivity contribution in [1.82, 2.24) is 15.2 Å². The fourth-order valence-electron chi connectivity index (χ4n) is 3.39. The summed E-state index contributed by atoms with van der Waals surface area (Å²) in [5.41, 5.74) is 1.39. The molecule has 154 valence electrons. The molecule has 0 spiro atoms. The number of ether oxygens (including phenoxy) is 2. The number of hydrogen-bond donors (Lipinski definition) is 1. The number of anilines is 1. The molecule has 8 heteroatoms. The number of rotatable bonds is 4. The monoisotopic (exact) mass is 416 g/mol. The van der Waals surface area contributed by atoms with Gasteiger partial charge in [0.05, 0.1) is 18.2 Å². The summed E-state index contributed by atoms with van der Waals surface area (Å²) in [6.07, 6.45) is 2.60. The van der Waals surface area contributed by atoms with Crippen molar-refractivity contribution in [3.8, 4) is 11.5 Å². The lowest BCUT2D eigenvalue weighted by Gasteiger charge is -2.33. The molecule has 2 aromatic rings. The first-order valence-electron chi connectivity index (χ1n) is 9.86. The van der Waals surface area contributed by atoms with E-state index in [0.717, 1.165) is 44.0 Å². The Kier molecular flexibility index (Phi) is 6.06. The number of benzene rings is 1. The minimum atomic E-state index is -0.217. The second-order valence-electron chi connectivity index (χ2n) is 7.33. The number of piperazine rings is 1. The van der Waals surface area contributed by atoms with Crippen LogP contribution in [0.15, 0.2) is 30.5 Å². The number of nitrogens with one attached hydrogen (secondary N) is 1. The molecule has 1 fully saturated rings. The largest absolute Gasteiger partial charge is 0.489 e. The van der Waals surface area contributed by atoms with Crippen LogP contribution in [-0.4, -0.2) is 62.2 Å². The highest BCUT2D eigenvalue weighted by Gasteiger charge is 2.19. The van der Waals surface area contributed by atoms with Gasteiger partial charge in [0.1, 0.15) is 5.82 Å². The predicted molar refractivity (Wildman–Crippen MR) is 112 cm³/mol. The number of halogens is 1. The van der Waals surface area contributed by atoms with E-state index in [1.54, 1.807) is 12.1 Å². The van der Waals surface area contributed by atoms with E-state index in [2.05, 4.69) is 27.1 Å². The van der Waals surface area contributed by atoms with E-state index in [1.165, 1.54) is 0 Å². The average Bonchev–Trinajstić information content (AvgIpc) is 2.99. The standard InChI is InChI=1S/C21H25ClN4O3/c1-25-5-7-26(8-6-25)19-4-3-15(13-23-19)14-24-21(27)16-11-17(22)20-18(12-16)28-9-2-10-29-20/h3-4,11-13H,2,5-10,14H2,1H3,(H,24,27). The lowest BCUT2D eigenvalue weighted by molar-refractivity contribution is 0.0950. The fourth-order valence-corrected chi connectivity index (χ4v) is 3.66. The van der Waals surface area contributed by atoms with E-state index < -0.39 is 0 Å². The summed E-state index contributed by atoms with van der Waals surface area (Å²) in [6.45, 7) is 5.51. The Hall–Kier alpha value is -2.51. The lowest BCUT2D eigenvalue weighted by atomic mass is 10.1. The molecule has 1 N–H and O–H groups in total. The number of likely N-dealkylation sites (N-methyl/N-ethyl adjacent to an activating group) is 1. The Morgan fingerprint density at radius 3 is 2.72 bits per heavy atom. The molecule has 2 aliphatic rings. The first kappa shape index (κ1) is 19.8. The second-order valence-corrected chi connectivity index (χ2v) is 7.74. The van der Waals surface area contributed by atoms with Gasteiger partial charge in [-0.2, -0.15) is 0 Å². The van der Waals surface area contributed by atoms with Crippen molar-refractivity contribution in [3.05, 3.63) is 46.6 Å². The predicted octanol–water partition coefficient (Wildman–Crippen LogP) is 2.58. The van der Waals surface area contributed by atoms with Crippen molar-refractivity contribution < 1.29 is 14.3 Å². The summed E-state index contributed by atoms with van der Waals surface area (Å²) in [6, 6.07) is 7.30. The molecule has 29 heavy (non-hydrogen) atoms. The highest BCUT2D eigenvalue weighted by atomic mass is 35.5. The minimum Gasteiger partial charge on any atom is -0.489 e. The van der Waals surface area contributed by atoms with E-state index in [4.69, 9.17) is 21.1 Å². The summed E-state index contributed by atoms with van der Waals surface area (Å²) >= 11 is 6.28. The number of pyridine rings is 1. The molecular weight excluding hydrogens is 392 g/mol. The van der Waals surface area contributed by atoms with Gasteiger partial charge in [0.2, 0.25) is 0 Å². The first-order chi connectivity index (χ1) is 14.1. The Bertz CT molecular complexity index is 867. The van der Waals surface area contributed by atoms with Crippen LogP contribution in [0.2, 0.25) is 5.02 Å². The van der Waals surface area contributed by atoms with Gasteiger partial charge >= 0.3 is 0 Å². The topological polar surface area (TPSA) is 66.9 Å². The number of fused-ring (bicyclic) bond motifs is 1. The summed E-state index contributed by atoms with van der Waals surface area (Å²) in [4.78, 5) is 21.7. The summed E-state index contributed by atoms with van der Waals surface area (Å²) < 4.78 is 11.3. The van der Waals surface area contributed by atoms with Crippen LogP contribution in [0.4, 0.5) is 5.82 Å². The van der Waals surface area contributed by atoms with Crippen molar-refractivity contribution >= 4 is 23.3 Å². The molecule has 4 rings (SSSR count). The number of nitrogens with zero attached hydrogens (tertiary/aromatic N) is 3. The zero-order valence-electron chi connectivity index (χ0n) is 16.5. The quantitative estimate of drug-likeness (QED) is 0.826. The molecule has 3 heterocycles. The zero-order valence-corrected chi connectivity index (χ0v) is 17.2. The highest BCUT2D eigenvalue weighted by molar-refractivity contribution is 6.32. The number of amides is 1. The van der Waals surface area contributed by atoms with Crippen molar-refractivity contribution in [2.45, 2.75) is 13.0 Å². The molecule has 0 radical (unpaired) electrons. The van der Waals surface area contributed by atoms with Gasteiger partial charge in [0.15, 0.2) is 11.5 Å². The van der Waals surface area contributed by atoms with E-state index in [9.17, 15) is 4.79 Å². The second kappa shape index (κ2) is 8.88. The molecule has 7 nitrogen and oxygen atoms in total. The molecule has 1 saturated heterocycles. The van der Waals surface area contributed by atoms with Crippen LogP contribution in [-0.2, 0) is 6.54 Å². The molecule has 0 saturated carbocycles. The van der Waals surface area contributed by atoms with Crippen LogP contribution in [0, 0.1) is 0 Å². The third-order valence-corrected chi connectivity index (χ3v) is 5.43. The van der Waals surface area contributed by atoms with Crippen molar-refractivity contribution in [2.75, 3.05) is 51.3 Å². The van der Waals surface area contributed by atoms with Gasteiger partial charge in [-0.05, 0) is 30.8 Å². The summed E-state index contributed by atoms with van der Waals surface area (Å²) in [7, 11) is 2.13. The van der Waals surface area contributed by atoms with Gasteiger partial charge in [-0.1, -0.05) is 17.7 Å². The molecule has 0 aliphatic carbocycles. The Morgan fingerprint density at radius 2 is 1.97 bits per heavy atom. The first-order valence-corrected chi connectivity index (χ1v) is 10.2. The van der Waals surface area contributed by atoms with Crippen LogP contribution in [0.5, 0.6) is 11.5 Å². The molecule has 1 amide bonds. The van der Waals surface area contributed by atoms with E-state index in [1.807, 2.05) is 18.3 Å². The van der Waals surface area contributed by atoms with Gasteiger partial charge in [-0.15, -0.1) is 0 Å². The number of carbonyl (C=O) groups excluding carboxylic acids is 1. The summed E-state index contributed by atoms with van der Waals surface area (Å²) in [5, 5.41) is 3.30. The van der Waals surface area contributed by atoms with E-state index >= 15 is 0 Å². The number of hydrogen-bond acceptors (Lipinski definition) is 6. The maximum atomic E-state index is 12.6. The fraction of sp³-hybridized carbons (Fsp3) is 0.429. The summed E-state index contributed by atoms with van der Waals surface area (Å²) in [5.74, 6) is 1.77. The molecule has 0 atom stereocenters. The number of carbonyl (C=O) groups is 1. The van der Waals surface area contributed by atoms with Crippen molar-refractivity contribution in [3.63, 3.8) is 0 Å². The van der Waals surface area contributed by atoms with Crippen LogP contribution < -0.4 is 19.7 Å². The van der Waals surface area contributed by atoms with Crippen LogP contribution in [0.25, 0.3) is 0 Å².